The van der Waals surface area contributed by atoms with Crippen LogP contribution in [0.2, 0.25) is 0 Å². The highest BCUT2D eigenvalue weighted by molar-refractivity contribution is 9.10. The molecule has 2 nitrogen and oxygen atoms in total. The van der Waals surface area contributed by atoms with Gasteiger partial charge in [-0.2, -0.15) is 0 Å². The third-order valence-corrected chi connectivity index (χ3v) is 2.26. The van der Waals surface area contributed by atoms with Crippen molar-refractivity contribution < 1.29 is 22.6 Å². The molecule has 1 aromatic rings. The number of ether oxygens (including phenoxy) is 2. The van der Waals surface area contributed by atoms with Gasteiger partial charge >= 0.3 is 6.36 Å². The number of halogens is 4. The van der Waals surface area contributed by atoms with Crippen LogP contribution in [-0.2, 0) is 0 Å². The Hall–Kier alpha value is -1.35. The van der Waals surface area contributed by atoms with E-state index in [2.05, 4.69) is 26.6 Å². The van der Waals surface area contributed by atoms with Gasteiger partial charge in [-0.3, -0.25) is 0 Å². The van der Waals surface area contributed by atoms with Gasteiger partial charge in [-0.25, -0.2) is 0 Å². The molecule has 0 aliphatic heterocycles. The van der Waals surface area contributed by atoms with Gasteiger partial charge in [-0.05, 0) is 34.1 Å². The van der Waals surface area contributed by atoms with Gasteiger partial charge in [0.15, 0.2) is 0 Å². The van der Waals surface area contributed by atoms with Gasteiger partial charge in [0.05, 0.1) is 11.1 Å². The number of alkyl halides is 3. The summed E-state index contributed by atoms with van der Waals surface area (Å²) in [6.07, 6.45) is 0.747. The van der Waals surface area contributed by atoms with E-state index in [1.54, 1.807) is 0 Å². The molecule has 1 rings (SSSR count). The summed E-state index contributed by atoms with van der Waals surface area (Å²) in [5.41, 5.74) is 0. The van der Waals surface area contributed by atoms with Gasteiger partial charge < -0.3 is 9.47 Å². The molecular formula is C11H8BrF3O2. The minimum Gasteiger partial charge on any atom is -0.493 e. The van der Waals surface area contributed by atoms with E-state index in [1.165, 1.54) is 18.2 Å². The lowest BCUT2D eigenvalue weighted by molar-refractivity contribution is -0.274. The van der Waals surface area contributed by atoms with Gasteiger partial charge in [0.2, 0.25) is 0 Å². The largest absolute Gasteiger partial charge is 0.573 e. The van der Waals surface area contributed by atoms with E-state index >= 15 is 0 Å². The van der Waals surface area contributed by atoms with Crippen LogP contribution in [0.5, 0.6) is 11.5 Å². The lowest BCUT2D eigenvalue weighted by Crippen LogP contribution is -2.17. The van der Waals surface area contributed by atoms with Crippen LogP contribution in [0.1, 0.15) is 6.42 Å². The molecule has 0 saturated carbocycles. The molecule has 0 aromatic heterocycles. The number of rotatable bonds is 4. The Labute approximate surface area is 105 Å². The molecule has 17 heavy (non-hydrogen) atoms. The molecule has 0 unspecified atom stereocenters. The first-order valence-electron chi connectivity index (χ1n) is 4.54. The fourth-order valence-electron chi connectivity index (χ4n) is 1.01. The molecule has 0 atom stereocenters. The second-order valence-corrected chi connectivity index (χ2v) is 3.80. The van der Waals surface area contributed by atoms with Crippen molar-refractivity contribution in [3.8, 4) is 23.8 Å². The quantitative estimate of drug-likeness (QED) is 0.623. The van der Waals surface area contributed by atoms with Crippen LogP contribution in [-0.4, -0.2) is 13.0 Å². The Morgan fingerprint density at radius 2 is 2.06 bits per heavy atom. The molecule has 0 saturated heterocycles. The maximum atomic E-state index is 12.0. The summed E-state index contributed by atoms with van der Waals surface area (Å²) >= 11 is 2.96. The average molecular weight is 309 g/mol. The lowest BCUT2D eigenvalue weighted by atomic mass is 10.3. The molecular weight excluding hydrogens is 301 g/mol. The molecule has 0 bridgehead atoms. The molecule has 0 spiro atoms. The van der Waals surface area contributed by atoms with E-state index in [4.69, 9.17) is 11.2 Å². The minimum atomic E-state index is -4.71. The maximum absolute atomic E-state index is 12.0. The summed E-state index contributed by atoms with van der Waals surface area (Å²) in [5, 5.41) is 0. The summed E-state index contributed by atoms with van der Waals surface area (Å²) in [5.74, 6) is 2.49. The zero-order valence-corrected chi connectivity index (χ0v) is 10.1. The molecule has 0 fully saturated rings. The van der Waals surface area contributed by atoms with Crippen LogP contribution < -0.4 is 9.47 Å². The highest BCUT2D eigenvalue weighted by Gasteiger charge is 2.31. The summed E-state index contributed by atoms with van der Waals surface area (Å²) in [6.45, 7) is 0.308. The monoisotopic (exact) mass is 308 g/mol. The van der Waals surface area contributed by atoms with Crippen molar-refractivity contribution in [2.24, 2.45) is 0 Å². The highest BCUT2D eigenvalue weighted by atomic mass is 79.9. The van der Waals surface area contributed by atoms with E-state index in [0.717, 1.165) is 0 Å². The van der Waals surface area contributed by atoms with Gasteiger partial charge in [-0.15, -0.1) is 25.5 Å². The topological polar surface area (TPSA) is 18.5 Å². The lowest BCUT2D eigenvalue weighted by Gasteiger charge is -2.11. The number of benzene rings is 1. The zero-order valence-electron chi connectivity index (χ0n) is 8.55. The second-order valence-electron chi connectivity index (χ2n) is 2.94. The summed E-state index contributed by atoms with van der Waals surface area (Å²) in [4.78, 5) is 0. The SMILES string of the molecule is C#CCCOc1ccc(OC(F)(F)F)c(Br)c1. The predicted molar refractivity (Wildman–Crippen MR) is 59.8 cm³/mol. The van der Waals surface area contributed by atoms with Crippen LogP contribution >= 0.6 is 15.9 Å². The highest BCUT2D eigenvalue weighted by Crippen LogP contribution is 2.33. The first kappa shape index (κ1) is 13.7. The molecule has 0 radical (unpaired) electrons. The Bertz CT molecular complexity index is 424. The Morgan fingerprint density at radius 1 is 1.35 bits per heavy atom. The van der Waals surface area contributed by atoms with E-state index in [1.807, 2.05) is 0 Å². The van der Waals surface area contributed by atoms with Crippen molar-refractivity contribution in [1.29, 1.82) is 0 Å². The standard InChI is InChI=1S/C11H8BrF3O2/c1-2-3-6-16-8-4-5-10(9(12)7-8)17-11(13,14)15/h1,4-5,7H,3,6H2. The molecule has 92 valence electrons. The van der Waals surface area contributed by atoms with Crippen molar-refractivity contribution in [3.05, 3.63) is 22.7 Å². The summed E-state index contributed by atoms with van der Waals surface area (Å²) in [7, 11) is 0. The van der Waals surface area contributed by atoms with E-state index in [-0.39, 0.29) is 10.2 Å². The molecule has 0 heterocycles. The predicted octanol–water partition coefficient (Wildman–Crippen LogP) is 3.75. The zero-order chi connectivity index (χ0) is 12.9. The van der Waals surface area contributed by atoms with E-state index in [9.17, 15) is 13.2 Å². The van der Waals surface area contributed by atoms with Gasteiger partial charge in [0.25, 0.3) is 0 Å². The van der Waals surface area contributed by atoms with Crippen molar-refractivity contribution in [2.45, 2.75) is 12.8 Å². The van der Waals surface area contributed by atoms with Crippen molar-refractivity contribution in [1.82, 2.24) is 0 Å². The number of terminal acetylenes is 1. The first-order chi connectivity index (χ1) is 7.92. The Kier molecular flexibility index (Phi) is 4.70. The molecule has 0 amide bonds. The second kappa shape index (κ2) is 5.82. The minimum absolute atomic E-state index is 0.160. The molecule has 1 aromatic carbocycles. The van der Waals surface area contributed by atoms with Crippen molar-refractivity contribution >= 4 is 15.9 Å². The van der Waals surface area contributed by atoms with Crippen LogP contribution in [0, 0.1) is 12.3 Å². The molecule has 0 aliphatic rings. The summed E-state index contributed by atoms with van der Waals surface area (Å²) < 4.78 is 45.1. The number of hydrogen-bond acceptors (Lipinski definition) is 2. The molecule has 0 aliphatic carbocycles. The van der Waals surface area contributed by atoms with Crippen LogP contribution in [0.25, 0.3) is 0 Å². The average Bonchev–Trinajstić information content (AvgIpc) is 2.21. The van der Waals surface area contributed by atoms with Gasteiger partial charge in [0.1, 0.15) is 11.5 Å². The summed E-state index contributed by atoms with van der Waals surface area (Å²) in [6, 6.07) is 3.93. The Morgan fingerprint density at radius 3 is 2.59 bits per heavy atom. The first-order valence-corrected chi connectivity index (χ1v) is 5.33. The van der Waals surface area contributed by atoms with E-state index in [0.29, 0.717) is 18.8 Å². The third-order valence-electron chi connectivity index (χ3n) is 1.64. The smallest absolute Gasteiger partial charge is 0.493 e. The van der Waals surface area contributed by atoms with Gasteiger partial charge in [-0.1, -0.05) is 0 Å². The third kappa shape index (κ3) is 5.00. The van der Waals surface area contributed by atoms with Crippen LogP contribution in [0.4, 0.5) is 13.2 Å². The maximum Gasteiger partial charge on any atom is 0.573 e. The van der Waals surface area contributed by atoms with Crippen LogP contribution in [0.15, 0.2) is 22.7 Å². The fourth-order valence-corrected chi connectivity index (χ4v) is 1.45. The van der Waals surface area contributed by atoms with Crippen molar-refractivity contribution in [3.63, 3.8) is 0 Å². The van der Waals surface area contributed by atoms with Crippen LogP contribution in [0.3, 0.4) is 0 Å². The number of hydrogen-bond donors (Lipinski definition) is 0. The van der Waals surface area contributed by atoms with Gasteiger partial charge in [0, 0.05) is 6.42 Å². The normalized spacial score (nSPS) is 10.8. The molecule has 6 heteroatoms. The van der Waals surface area contributed by atoms with Crippen molar-refractivity contribution in [2.75, 3.05) is 6.61 Å². The van der Waals surface area contributed by atoms with E-state index < -0.39 is 6.36 Å². The Balaban J connectivity index is 2.70. The molecule has 0 N–H and O–H groups in total. The fraction of sp³-hybridized carbons (Fsp3) is 0.273.